The van der Waals surface area contributed by atoms with Gasteiger partial charge in [0.15, 0.2) is 0 Å². The first kappa shape index (κ1) is 23.1. The van der Waals surface area contributed by atoms with Crippen LogP contribution in [0.15, 0.2) is 66.7 Å². The molecule has 164 valence electrons. The van der Waals surface area contributed by atoms with E-state index < -0.39 is 17.8 Å². The molecule has 3 aromatic rings. The van der Waals surface area contributed by atoms with Gasteiger partial charge in [-0.3, -0.25) is 0 Å². The molecule has 1 unspecified atom stereocenters. The zero-order valence-electron chi connectivity index (χ0n) is 16.9. The highest BCUT2D eigenvalue weighted by molar-refractivity contribution is 6.33. The number of ether oxygens (including phenoxy) is 1. The fraction of sp³-hybridized carbons (Fsp3) is 0.250. The van der Waals surface area contributed by atoms with E-state index in [1.54, 1.807) is 13.2 Å². The molecule has 7 heteroatoms. The highest BCUT2D eigenvalue weighted by Gasteiger charge is 2.30. The van der Waals surface area contributed by atoms with Crippen molar-refractivity contribution in [3.8, 4) is 16.9 Å². The predicted octanol–water partition coefficient (Wildman–Crippen LogP) is 5.90. The second-order valence-corrected chi connectivity index (χ2v) is 7.54. The lowest BCUT2D eigenvalue weighted by Crippen LogP contribution is -2.23. The van der Waals surface area contributed by atoms with Crippen LogP contribution in [0, 0.1) is 0 Å². The number of hydrogen-bond acceptors (Lipinski definition) is 3. The lowest BCUT2D eigenvalue weighted by atomic mass is 10.0. The van der Waals surface area contributed by atoms with E-state index in [0.29, 0.717) is 17.1 Å². The summed E-state index contributed by atoms with van der Waals surface area (Å²) in [6, 6.07) is 18.1. The molecular formula is C24H23ClF3NO2. The maximum atomic E-state index is 12.6. The molecule has 0 heterocycles. The van der Waals surface area contributed by atoms with Gasteiger partial charge in [-0.15, -0.1) is 0 Å². The normalized spacial score (nSPS) is 12.6. The van der Waals surface area contributed by atoms with E-state index in [1.165, 1.54) is 12.1 Å². The van der Waals surface area contributed by atoms with Gasteiger partial charge >= 0.3 is 6.18 Å². The summed E-state index contributed by atoms with van der Waals surface area (Å²) in [5, 5.41) is 14.0. The predicted molar refractivity (Wildman–Crippen MR) is 116 cm³/mol. The van der Waals surface area contributed by atoms with Gasteiger partial charge in [-0.1, -0.05) is 48.0 Å². The van der Waals surface area contributed by atoms with Crippen LogP contribution in [0.3, 0.4) is 0 Å². The molecule has 3 nitrogen and oxygen atoms in total. The maximum absolute atomic E-state index is 12.6. The number of aliphatic hydroxyl groups is 1. The van der Waals surface area contributed by atoms with Crippen LogP contribution >= 0.6 is 11.6 Å². The topological polar surface area (TPSA) is 41.5 Å². The van der Waals surface area contributed by atoms with Crippen LogP contribution in [-0.4, -0.2) is 25.3 Å². The molecule has 0 aromatic heterocycles. The van der Waals surface area contributed by atoms with Crippen molar-refractivity contribution in [2.45, 2.75) is 18.7 Å². The molecule has 31 heavy (non-hydrogen) atoms. The Kier molecular flexibility index (Phi) is 7.59. The monoisotopic (exact) mass is 449 g/mol. The molecule has 3 rings (SSSR count). The van der Waals surface area contributed by atoms with Crippen molar-refractivity contribution in [2.24, 2.45) is 0 Å². The van der Waals surface area contributed by atoms with Crippen LogP contribution < -0.4 is 10.1 Å². The van der Waals surface area contributed by atoms with Crippen LogP contribution in [0.4, 0.5) is 13.2 Å². The summed E-state index contributed by atoms with van der Waals surface area (Å²) >= 11 is 6.30. The van der Waals surface area contributed by atoms with E-state index in [2.05, 4.69) is 5.32 Å². The van der Waals surface area contributed by atoms with Crippen molar-refractivity contribution in [1.29, 1.82) is 0 Å². The molecule has 1 atom stereocenters. The van der Waals surface area contributed by atoms with E-state index in [4.69, 9.17) is 16.3 Å². The lowest BCUT2D eigenvalue weighted by molar-refractivity contribution is -0.137. The van der Waals surface area contributed by atoms with E-state index in [-0.39, 0.29) is 6.54 Å². The molecule has 0 amide bonds. The van der Waals surface area contributed by atoms with Gasteiger partial charge in [-0.2, -0.15) is 13.2 Å². The average molecular weight is 450 g/mol. The van der Waals surface area contributed by atoms with Crippen LogP contribution in [0.5, 0.6) is 5.75 Å². The molecule has 0 saturated heterocycles. The van der Waals surface area contributed by atoms with Crippen LogP contribution in [0.1, 0.15) is 22.8 Å². The summed E-state index contributed by atoms with van der Waals surface area (Å²) < 4.78 is 43.1. The molecule has 0 aliphatic rings. The summed E-state index contributed by atoms with van der Waals surface area (Å²) in [6.45, 7) is 0.875. The lowest BCUT2D eigenvalue weighted by Gasteiger charge is -2.14. The SMILES string of the molecule is COc1ccc(Cl)c(-c2ccc(CCNCC(O)c3ccc(C(F)(F)F)cc3)cc2)c1. The number of methoxy groups -OCH3 is 1. The van der Waals surface area contributed by atoms with Crippen LogP contribution in [0.25, 0.3) is 11.1 Å². The van der Waals surface area contributed by atoms with Crippen molar-refractivity contribution in [3.05, 3.63) is 88.4 Å². The van der Waals surface area contributed by atoms with Crippen LogP contribution in [0.2, 0.25) is 5.02 Å². The fourth-order valence-corrected chi connectivity index (χ4v) is 3.41. The van der Waals surface area contributed by atoms with Crippen molar-refractivity contribution >= 4 is 11.6 Å². The van der Waals surface area contributed by atoms with Gasteiger partial charge < -0.3 is 15.2 Å². The summed E-state index contributed by atoms with van der Waals surface area (Å²) in [5.41, 5.74) is 2.71. The van der Waals surface area contributed by atoms with E-state index in [9.17, 15) is 18.3 Å². The van der Waals surface area contributed by atoms with E-state index >= 15 is 0 Å². The van der Waals surface area contributed by atoms with Gasteiger partial charge in [0.25, 0.3) is 0 Å². The summed E-state index contributed by atoms with van der Waals surface area (Å²) in [6.07, 6.45) is -4.51. The molecule has 0 radical (unpaired) electrons. The third kappa shape index (κ3) is 6.23. The first-order valence-electron chi connectivity index (χ1n) is 9.76. The van der Waals surface area contributed by atoms with Crippen molar-refractivity contribution in [3.63, 3.8) is 0 Å². The maximum Gasteiger partial charge on any atom is 0.416 e. The van der Waals surface area contributed by atoms with Gasteiger partial charge in [0.1, 0.15) is 5.75 Å². The Morgan fingerprint density at radius 2 is 1.68 bits per heavy atom. The molecule has 2 N–H and O–H groups in total. The third-order valence-electron chi connectivity index (χ3n) is 4.99. The zero-order chi connectivity index (χ0) is 22.4. The molecule has 0 bridgehead atoms. The molecule has 0 fully saturated rings. The number of alkyl halides is 3. The Balaban J connectivity index is 1.50. The molecule has 0 saturated carbocycles. The van der Waals surface area contributed by atoms with Crippen molar-refractivity contribution in [2.75, 3.05) is 20.2 Å². The Labute approximate surface area is 184 Å². The number of benzene rings is 3. The highest BCUT2D eigenvalue weighted by Crippen LogP contribution is 2.32. The quantitative estimate of drug-likeness (QED) is 0.421. The van der Waals surface area contributed by atoms with E-state index in [0.717, 1.165) is 41.0 Å². The zero-order valence-corrected chi connectivity index (χ0v) is 17.7. The second-order valence-electron chi connectivity index (χ2n) is 7.13. The standard InChI is InChI=1S/C24H23ClF3NO2/c1-31-20-10-11-22(25)21(14-20)17-4-2-16(3-5-17)12-13-29-15-23(30)18-6-8-19(9-7-18)24(26,27)28/h2-11,14,23,29-30H,12-13,15H2,1H3. The van der Waals surface area contributed by atoms with Crippen molar-refractivity contribution in [1.82, 2.24) is 5.32 Å². The third-order valence-corrected chi connectivity index (χ3v) is 5.32. The largest absolute Gasteiger partial charge is 0.497 e. The number of hydrogen-bond donors (Lipinski definition) is 2. The van der Waals surface area contributed by atoms with Gasteiger partial charge in [0.05, 0.1) is 18.8 Å². The van der Waals surface area contributed by atoms with Gasteiger partial charge in [-0.05, 0) is 60.0 Å². The van der Waals surface area contributed by atoms with E-state index in [1.807, 2.05) is 36.4 Å². The molecule has 0 aliphatic carbocycles. The van der Waals surface area contributed by atoms with Crippen molar-refractivity contribution < 1.29 is 23.0 Å². The number of rotatable bonds is 8. The highest BCUT2D eigenvalue weighted by atomic mass is 35.5. The second kappa shape index (κ2) is 10.2. The molecule has 0 aliphatic heterocycles. The Bertz CT molecular complexity index is 989. The number of aliphatic hydroxyl groups excluding tert-OH is 1. The molecule has 0 spiro atoms. The molecular weight excluding hydrogens is 427 g/mol. The van der Waals surface area contributed by atoms with Gasteiger partial charge in [0, 0.05) is 17.1 Å². The first-order valence-corrected chi connectivity index (χ1v) is 10.1. The fourth-order valence-electron chi connectivity index (χ4n) is 3.19. The minimum absolute atomic E-state index is 0.253. The van der Waals surface area contributed by atoms with Gasteiger partial charge in [0.2, 0.25) is 0 Å². The Hall–Kier alpha value is -2.54. The summed E-state index contributed by atoms with van der Waals surface area (Å²) in [4.78, 5) is 0. The van der Waals surface area contributed by atoms with Gasteiger partial charge in [-0.25, -0.2) is 0 Å². The molecule has 3 aromatic carbocycles. The Morgan fingerprint density at radius 1 is 1.00 bits per heavy atom. The van der Waals surface area contributed by atoms with Crippen LogP contribution in [-0.2, 0) is 12.6 Å². The number of nitrogens with one attached hydrogen (secondary N) is 1. The summed E-state index contributed by atoms with van der Waals surface area (Å²) in [7, 11) is 1.61. The minimum atomic E-state index is -4.38. The Morgan fingerprint density at radius 3 is 2.29 bits per heavy atom. The smallest absolute Gasteiger partial charge is 0.416 e. The number of halogens is 4. The minimum Gasteiger partial charge on any atom is -0.497 e. The first-order chi connectivity index (χ1) is 14.8. The average Bonchev–Trinajstić information content (AvgIpc) is 2.77. The summed E-state index contributed by atoms with van der Waals surface area (Å²) in [5.74, 6) is 0.735.